The molecule has 0 radical (unpaired) electrons. The number of carbonyl (C=O) groups is 1. The summed E-state index contributed by atoms with van der Waals surface area (Å²) < 4.78 is 7.87. The quantitative estimate of drug-likeness (QED) is 0.599. The van der Waals surface area contributed by atoms with Crippen LogP contribution in [0.25, 0.3) is 15.3 Å². The van der Waals surface area contributed by atoms with Gasteiger partial charge in [0.25, 0.3) is 5.91 Å². The molecule has 0 aliphatic carbocycles. The number of pyridine rings is 1. The summed E-state index contributed by atoms with van der Waals surface area (Å²) in [6.07, 6.45) is 1.58. The molecule has 0 spiro atoms. The molecule has 0 saturated heterocycles. The predicted molar refractivity (Wildman–Crippen MR) is 100 cm³/mol. The van der Waals surface area contributed by atoms with Crippen LogP contribution >= 0.6 is 11.3 Å². The Morgan fingerprint density at radius 3 is 2.88 bits per heavy atom. The molecule has 26 heavy (non-hydrogen) atoms. The van der Waals surface area contributed by atoms with Crippen molar-refractivity contribution in [3.05, 3.63) is 60.0 Å². The number of benzene rings is 1. The Morgan fingerprint density at radius 1 is 1.23 bits per heavy atom. The second kappa shape index (κ2) is 6.57. The van der Waals surface area contributed by atoms with Crippen molar-refractivity contribution < 1.29 is 9.53 Å². The minimum Gasteiger partial charge on any atom is -0.497 e. The molecule has 4 aromatic rings. The highest BCUT2D eigenvalue weighted by atomic mass is 32.1. The first-order chi connectivity index (χ1) is 12.6. The van der Waals surface area contributed by atoms with E-state index in [1.807, 2.05) is 25.1 Å². The summed E-state index contributed by atoms with van der Waals surface area (Å²) in [5.41, 5.74) is 1.96. The SMILES string of the molecule is COc1ccc2nc(-n3nc(C)cc3NC(=O)c3ccccn3)sc2c1. The third-order valence-corrected chi connectivity index (χ3v) is 4.73. The van der Waals surface area contributed by atoms with E-state index in [2.05, 4.69) is 20.4 Å². The fourth-order valence-corrected chi connectivity index (χ4v) is 3.48. The maximum absolute atomic E-state index is 12.4. The Bertz CT molecular complexity index is 1090. The molecule has 4 rings (SSSR count). The van der Waals surface area contributed by atoms with E-state index in [1.165, 1.54) is 11.3 Å². The predicted octanol–water partition coefficient (Wildman–Crippen LogP) is 3.45. The van der Waals surface area contributed by atoms with Gasteiger partial charge in [0, 0.05) is 12.3 Å². The number of nitrogens with one attached hydrogen (secondary N) is 1. The van der Waals surface area contributed by atoms with Crippen molar-refractivity contribution in [3.63, 3.8) is 0 Å². The topological polar surface area (TPSA) is 81.9 Å². The molecule has 0 saturated carbocycles. The number of nitrogens with zero attached hydrogens (tertiary/aromatic N) is 4. The van der Waals surface area contributed by atoms with Gasteiger partial charge >= 0.3 is 0 Å². The minimum absolute atomic E-state index is 0.297. The number of methoxy groups -OCH3 is 1. The number of fused-ring (bicyclic) bond motifs is 1. The first-order valence-corrected chi connectivity index (χ1v) is 8.70. The Hall–Kier alpha value is -3.26. The molecule has 0 aliphatic heterocycles. The number of carbonyl (C=O) groups excluding carboxylic acids is 1. The lowest BCUT2D eigenvalue weighted by atomic mass is 10.3. The van der Waals surface area contributed by atoms with E-state index >= 15 is 0 Å². The normalized spacial score (nSPS) is 10.8. The van der Waals surface area contributed by atoms with Crippen molar-refractivity contribution in [1.29, 1.82) is 0 Å². The van der Waals surface area contributed by atoms with Gasteiger partial charge in [0.1, 0.15) is 17.3 Å². The van der Waals surface area contributed by atoms with Crippen LogP contribution in [0.4, 0.5) is 5.82 Å². The van der Waals surface area contributed by atoms with Gasteiger partial charge in [0.2, 0.25) is 5.13 Å². The lowest BCUT2D eigenvalue weighted by Gasteiger charge is -2.05. The van der Waals surface area contributed by atoms with Crippen LogP contribution in [0.3, 0.4) is 0 Å². The van der Waals surface area contributed by atoms with Gasteiger partial charge in [-0.15, -0.1) is 0 Å². The molecule has 0 fully saturated rings. The maximum Gasteiger partial charge on any atom is 0.275 e. The number of thiazole rings is 1. The number of rotatable bonds is 4. The highest BCUT2D eigenvalue weighted by molar-refractivity contribution is 7.20. The number of aromatic nitrogens is 4. The number of ether oxygens (including phenoxy) is 1. The highest BCUT2D eigenvalue weighted by Crippen LogP contribution is 2.30. The van der Waals surface area contributed by atoms with Gasteiger partial charge in [-0.25, -0.2) is 4.98 Å². The summed E-state index contributed by atoms with van der Waals surface area (Å²) in [6, 6.07) is 12.7. The lowest BCUT2D eigenvalue weighted by molar-refractivity contribution is 0.102. The number of aryl methyl sites for hydroxylation is 1. The van der Waals surface area contributed by atoms with Crippen LogP contribution in [-0.4, -0.2) is 32.8 Å². The second-order valence-electron chi connectivity index (χ2n) is 5.58. The molecule has 130 valence electrons. The smallest absolute Gasteiger partial charge is 0.275 e. The molecule has 3 aromatic heterocycles. The van der Waals surface area contributed by atoms with E-state index in [9.17, 15) is 4.79 Å². The molecule has 0 unspecified atom stereocenters. The number of amides is 1. The molecule has 0 atom stereocenters. The number of hydrogen-bond acceptors (Lipinski definition) is 6. The largest absolute Gasteiger partial charge is 0.497 e. The fraction of sp³-hybridized carbons (Fsp3) is 0.111. The Kier molecular flexibility index (Phi) is 4.10. The summed E-state index contributed by atoms with van der Waals surface area (Å²) in [6.45, 7) is 1.86. The summed E-state index contributed by atoms with van der Waals surface area (Å²) in [5, 5.41) is 7.98. The zero-order chi connectivity index (χ0) is 18.1. The number of anilines is 1. The average Bonchev–Trinajstić information content (AvgIpc) is 3.24. The van der Waals surface area contributed by atoms with E-state index in [4.69, 9.17) is 4.74 Å². The van der Waals surface area contributed by atoms with Crippen LogP contribution < -0.4 is 10.1 Å². The highest BCUT2D eigenvalue weighted by Gasteiger charge is 2.16. The van der Waals surface area contributed by atoms with Gasteiger partial charge < -0.3 is 10.1 Å². The summed E-state index contributed by atoms with van der Waals surface area (Å²) >= 11 is 1.47. The van der Waals surface area contributed by atoms with Crippen molar-refractivity contribution in [1.82, 2.24) is 19.7 Å². The zero-order valence-electron chi connectivity index (χ0n) is 14.1. The lowest BCUT2D eigenvalue weighted by Crippen LogP contribution is -2.16. The van der Waals surface area contributed by atoms with Crippen LogP contribution in [0, 0.1) is 6.92 Å². The standard InChI is InChI=1S/C18H15N5O2S/c1-11-9-16(21-17(24)14-5-3-4-8-19-14)23(22-11)18-20-13-7-6-12(25-2)10-15(13)26-18/h3-10H,1-2H3,(H,21,24). The second-order valence-corrected chi connectivity index (χ2v) is 6.59. The maximum atomic E-state index is 12.4. The molecular formula is C18H15N5O2S. The number of hydrogen-bond donors (Lipinski definition) is 1. The van der Waals surface area contributed by atoms with E-state index in [0.717, 1.165) is 21.7 Å². The minimum atomic E-state index is -0.297. The molecule has 0 bridgehead atoms. The zero-order valence-corrected chi connectivity index (χ0v) is 14.9. The van der Waals surface area contributed by atoms with Crippen molar-refractivity contribution in [2.24, 2.45) is 0 Å². The van der Waals surface area contributed by atoms with Gasteiger partial charge in [-0.3, -0.25) is 9.78 Å². The van der Waals surface area contributed by atoms with E-state index in [1.54, 1.807) is 42.3 Å². The van der Waals surface area contributed by atoms with E-state index in [-0.39, 0.29) is 5.91 Å². The van der Waals surface area contributed by atoms with Crippen LogP contribution in [0.15, 0.2) is 48.7 Å². The first-order valence-electron chi connectivity index (χ1n) is 7.88. The van der Waals surface area contributed by atoms with Crippen LogP contribution in [0.2, 0.25) is 0 Å². The van der Waals surface area contributed by atoms with E-state index in [0.29, 0.717) is 16.6 Å². The van der Waals surface area contributed by atoms with Crippen LogP contribution in [0.5, 0.6) is 5.75 Å². The molecule has 1 N–H and O–H groups in total. The summed E-state index contributed by atoms with van der Waals surface area (Å²) in [7, 11) is 1.63. The first kappa shape index (κ1) is 16.2. The molecular weight excluding hydrogens is 350 g/mol. The van der Waals surface area contributed by atoms with Gasteiger partial charge in [0.15, 0.2) is 0 Å². The van der Waals surface area contributed by atoms with Crippen molar-refractivity contribution in [3.8, 4) is 10.9 Å². The van der Waals surface area contributed by atoms with Crippen molar-refractivity contribution >= 4 is 33.3 Å². The fourth-order valence-electron chi connectivity index (χ4n) is 2.52. The molecule has 7 nitrogen and oxygen atoms in total. The van der Waals surface area contributed by atoms with Crippen molar-refractivity contribution in [2.75, 3.05) is 12.4 Å². The Morgan fingerprint density at radius 2 is 2.12 bits per heavy atom. The average molecular weight is 365 g/mol. The molecule has 3 heterocycles. The Labute approximate surface area is 153 Å². The van der Waals surface area contributed by atoms with Gasteiger partial charge in [-0.1, -0.05) is 17.4 Å². The van der Waals surface area contributed by atoms with Gasteiger partial charge in [-0.05, 0) is 37.3 Å². The molecule has 8 heteroatoms. The monoisotopic (exact) mass is 365 g/mol. The Balaban J connectivity index is 1.70. The summed E-state index contributed by atoms with van der Waals surface area (Å²) in [4.78, 5) is 21.1. The molecule has 0 aliphatic rings. The van der Waals surface area contributed by atoms with Crippen LogP contribution in [-0.2, 0) is 0 Å². The third-order valence-electron chi connectivity index (χ3n) is 3.74. The van der Waals surface area contributed by atoms with E-state index < -0.39 is 0 Å². The molecule has 1 amide bonds. The molecule has 1 aromatic carbocycles. The third kappa shape index (κ3) is 3.02. The summed E-state index contributed by atoms with van der Waals surface area (Å²) in [5.74, 6) is 1.02. The van der Waals surface area contributed by atoms with Gasteiger partial charge in [0.05, 0.1) is 23.0 Å². The van der Waals surface area contributed by atoms with Crippen molar-refractivity contribution in [2.45, 2.75) is 6.92 Å². The van der Waals surface area contributed by atoms with Crippen LogP contribution in [0.1, 0.15) is 16.2 Å². The van der Waals surface area contributed by atoms with Gasteiger partial charge in [-0.2, -0.15) is 9.78 Å².